The van der Waals surface area contributed by atoms with Crippen molar-refractivity contribution in [2.75, 3.05) is 6.54 Å². The average molecular weight is 167 g/mol. The van der Waals surface area contributed by atoms with Crippen molar-refractivity contribution >= 4 is 12.8 Å². The Kier molecular flexibility index (Phi) is 3.64. The number of amides is 1. The highest BCUT2D eigenvalue weighted by molar-refractivity contribution is 6.59. The van der Waals surface area contributed by atoms with Crippen molar-refractivity contribution in [1.29, 1.82) is 0 Å². The minimum Gasteiger partial charge on any atom is -0.387 e. The van der Waals surface area contributed by atoms with Crippen LogP contribution in [-0.2, 0) is 4.79 Å². The van der Waals surface area contributed by atoms with Gasteiger partial charge < -0.3 is 4.81 Å². The summed E-state index contributed by atoms with van der Waals surface area (Å²) in [7, 11) is 0. The number of hydrogen-bond donors (Lipinski definition) is 0. The molecule has 0 aliphatic carbocycles. The van der Waals surface area contributed by atoms with Gasteiger partial charge in [0, 0.05) is 13.5 Å². The van der Waals surface area contributed by atoms with E-state index in [4.69, 9.17) is 0 Å². The zero-order valence-electron chi connectivity index (χ0n) is 8.18. The third kappa shape index (κ3) is 2.26. The minimum atomic E-state index is 0.258. The van der Waals surface area contributed by atoms with Crippen LogP contribution >= 0.6 is 0 Å². The number of rotatable bonds is 3. The van der Waals surface area contributed by atoms with Gasteiger partial charge in [0.15, 0.2) is 0 Å². The molecule has 3 heteroatoms. The lowest BCUT2D eigenvalue weighted by Crippen LogP contribution is -2.37. The Balaban J connectivity index is 2.35. The number of nitrogens with zero attached hydrogens (tertiary/aromatic N) is 1. The van der Waals surface area contributed by atoms with E-state index in [9.17, 15) is 4.79 Å². The molecule has 1 aliphatic heterocycles. The summed E-state index contributed by atoms with van der Waals surface area (Å²) in [5.74, 6) is 0.258. The van der Waals surface area contributed by atoms with E-state index in [0.29, 0.717) is 6.85 Å². The van der Waals surface area contributed by atoms with Crippen molar-refractivity contribution in [3.8, 4) is 0 Å². The Labute approximate surface area is 75.4 Å². The molecule has 1 aliphatic rings. The molecule has 0 radical (unpaired) electrons. The van der Waals surface area contributed by atoms with E-state index < -0.39 is 0 Å². The second-order valence-corrected chi connectivity index (χ2v) is 3.65. The van der Waals surface area contributed by atoms with Crippen LogP contribution in [0, 0.1) is 0 Å². The number of carbonyl (C=O) groups excluding carboxylic acids is 1. The molecule has 68 valence electrons. The summed E-state index contributed by atoms with van der Waals surface area (Å²) in [6.45, 7) is 5.43. The lowest BCUT2D eigenvalue weighted by Gasteiger charge is -2.20. The molecule has 1 rings (SSSR count). The fourth-order valence-corrected chi connectivity index (χ4v) is 1.99. The van der Waals surface area contributed by atoms with E-state index in [1.54, 1.807) is 6.92 Å². The summed E-state index contributed by atoms with van der Waals surface area (Å²) in [4.78, 5) is 13.2. The smallest absolute Gasteiger partial charge is 0.257 e. The first kappa shape index (κ1) is 9.62. The van der Waals surface area contributed by atoms with Crippen LogP contribution in [0.25, 0.3) is 0 Å². The fraction of sp³-hybridized carbons (Fsp3) is 0.889. The van der Waals surface area contributed by atoms with E-state index in [2.05, 4.69) is 6.92 Å². The van der Waals surface area contributed by atoms with E-state index in [1.807, 2.05) is 4.81 Å². The maximum atomic E-state index is 11.1. The highest BCUT2D eigenvalue weighted by Crippen LogP contribution is 2.19. The Morgan fingerprint density at radius 3 is 2.92 bits per heavy atom. The molecule has 0 aromatic heterocycles. The standard InChI is InChI=1S/C9H18BNO/c1-3-4-6-10-7-5-8-11(10)9(2)12/h3-8H2,1-2H3. The van der Waals surface area contributed by atoms with Gasteiger partial charge in [0.2, 0.25) is 5.91 Å². The second-order valence-electron chi connectivity index (χ2n) is 3.65. The molecule has 0 N–H and O–H groups in total. The molecule has 12 heavy (non-hydrogen) atoms. The van der Waals surface area contributed by atoms with Crippen LogP contribution in [-0.4, -0.2) is 24.1 Å². The van der Waals surface area contributed by atoms with Gasteiger partial charge in [-0.15, -0.1) is 0 Å². The molecule has 1 amide bonds. The predicted octanol–water partition coefficient (Wildman–Crippen LogP) is 2.03. The van der Waals surface area contributed by atoms with Crippen LogP contribution in [0.1, 0.15) is 33.1 Å². The Hall–Kier alpha value is -0.465. The molecule has 1 fully saturated rings. The fourth-order valence-electron chi connectivity index (χ4n) is 1.99. The van der Waals surface area contributed by atoms with E-state index in [-0.39, 0.29) is 5.91 Å². The third-order valence-electron chi connectivity index (χ3n) is 2.67. The molecule has 0 saturated carbocycles. The summed E-state index contributed by atoms with van der Waals surface area (Å²) in [5, 5.41) is 0. The van der Waals surface area contributed by atoms with Crippen molar-refractivity contribution in [3.63, 3.8) is 0 Å². The second kappa shape index (κ2) is 4.53. The van der Waals surface area contributed by atoms with Gasteiger partial charge in [-0.1, -0.05) is 32.4 Å². The summed E-state index contributed by atoms with van der Waals surface area (Å²) >= 11 is 0. The zero-order valence-corrected chi connectivity index (χ0v) is 8.18. The van der Waals surface area contributed by atoms with Crippen LogP contribution in [0.4, 0.5) is 0 Å². The molecule has 1 saturated heterocycles. The van der Waals surface area contributed by atoms with Gasteiger partial charge in [0.1, 0.15) is 0 Å². The van der Waals surface area contributed by atoms with Gasteiger partial charge >= 0.3 is 0 Å². The summed E-state index contributed by atoms with van der Waals surface area (Å²) in [6, 6.07) is 0. The SMILES string of the molecule is CCCCB1CCCN1C(C)=O. The first-order chi connectivity index (χ1) is 5.75. The van der Waals surface area contributed by atoms with Crippen LogP contribution in [0.2, 0.25) is 12.6 Å². The van der Waals surface area contributed by atoms with Crippen molar-refractivity contribution in [2.45, 2.75) is 45.8 Å². The van der Waals surface area contributed by atoms with Gasteiger partial charge in [-0.2, -0.15) is 0 Å². The number of unbranched alkanes of at least 4 members (excludes halogenated alkanes) is 1. The first-order valence-corrected chi connectivity index (χ1v) is 5.03. The topological polar surface area (TPSA) is 20.3 Å². The van der Waals surface area contributed by atoms with Crippen molar-refractivity contribution in [2.24, 2.45) is 0 Å². The van der Waals surface area contributed by atoms with Crippen LogP contribution in [0.3, 0.4) is 0 Å². The molecule has 2 nitrogen and oxygen atoms in total. The summed E-state index contributed by atoms with van der Waals surface area (Å²) in [6.07, 6.45) is 6.13. The molecule has 0 aromatic carbocycles. The van der Waals surface area contributed by atoms with Crippen molar-refractivity contribution in [1.82, 2.24) is 4.81 Å². The molecular weight excluding hydrogens is 149 g/mol. The molecular formula is C9H18BNO. The first-order valence-electron chi connectivity index (χ1n) is 5.03. The van der Waals surface area contributed by atoms with Gasteiger partial charge in [0.25, 0.3) is 6.85 Å². The average Bonchev–Trinajstić information content (AvgIpc) is 2.48. The van der Waals surface area contributed by atoms with Crippen LogP contribution < -0.4 is 0 Å². The molecule has 1 heterocycles. The largest absolute Gasteiger partial charge is 0.387 e. The number of hydrogen-bond acceptors (Lipinski definition) is 1. The maximum Gasteiger partial charge on any atom is 0.257 e. The van der Waals surface area contributed by atoms with E-state index >= 15 is 0 Å². The van der Waals surface area contributed by atoms with Gasteiger partial charge in [0.05, 0.1) is 0 Å². The Morgan fingerprint density at radius 2 is 2.33 bits per heavy atom. The zero-order chi connectivity index (χ0) is 8.97. The molecule has 0 aromatic rings. The highest BCUT2D eigenvalue weighted by atomic mass is 16.2. The van der Waals surface area contributed by atoms with Crippen LogP contribution in [0.5, 0.6) is 0 Å². The van der Waals surface area contributed by atoms with Crippen molar-refractivity contribution in [3.05, 3.63) is 0 Å². The number of carbonyl (C=O) groups is 1. The monoisotopic (exact) mass is 167 g/mol. The normalized spacial score (nSPS) is 17.2. The molecule has 0 spiro atoms. The Bertz CT molecular complexity index is 161. The van der Waals surface area contributed by atoms with Crippen molar-refractivity contribution < 1.29 is 4.79 Å². The summed E-state index contributed by atoms with van der Waals surface area (Å²) in [5.41, 5.74) is 0. The predicted molar refractivity (Wildman–Crippen MR) is 52.3 cm³/mol. The van der Waals surface area contributed by atoms with Gasteiger partial charge in [-0.05, 0) is 6.42 Å². The summed E-state index contributed by atoms with van der Waals surface area (Å²) < 4.78 is 0. The maximum absolute atomic E-state index is 11.1. The highest BCUT2D eigenvalue weighted by Gasteiger charge is 2.29. The quantitative estimate of drug-likeness (QED) is 0.589. The van der Waals surface area contributed by atoms with E-state index in [0.717, 1.165) is 6.54 Å². The lowest BCUT2D eigenvalue weighted by molar-refractivity contribution is -0.124. The van der Waals surface area contributed by atoms with Gasteiger partial charge in [-0.25, -0.2) is 0 Å². The molecule has 0 atom stereocenters. The lowest BCUT2D eigenvalue weighted by atomic mass is 9.56. The third-order valence-corrected chi connectivity index (χ3v) is 2.67. The van der Waals surface area contributed by atoms with E-state index in [1.165, 1.54) is 31.9 Å². The van der Waals surface area contributed by atoms with Gasteiger partial charge in [-0.3, -0.25) is 4.79 Å². The van der Waals surface area contributed by atoms with Crippen LogP contribution in [0.15, 0.2) is 0 Å². The molecule has 0 unspecified atom stereocenters. The Morgan fingerprint density at radius 1 is 1.58 bits per heavy atom. The minimum absolute atomic E-state index is 0.258. The molecule has 0 bridgehead atoms.